The monoisotopic (exact) mass is 286 g/mol. The fraction of sp³-hybridized carbons (Fsp3) is 0.533. The topological polar surface area (TPSA) is 58.9 Å². The minimum absolute atomic E-state index is 0.544. The van der Waals surface area contributed by atoms with Crippen LogP contribution in [0.15, 0.2) is 24.3 Å². The maximum atomic E-state index is 4.07. The predicted molar refractivity (Wildman–Crippen MR) is 83.0 cm³/mol. The molecule has 2 heterocycles. The molecule has 0 bridgehead atoms. The van der Waals surface area contributed by atoms with Crippen molar-refractivity contribution in [2.75, 3.05) is 25.5 Å². The Morgan fingerprint density at radius 2 is 2.10 bits per heavy atom. The number of nitrogens with zero attached hydrogens (tertiary/aromatic N) is 5. The van der Waals surface area contributed by atoms with E-state index >= 15 is 0 Å². The average Bonchev–Trinajstić information content (AvgIpc) is 2.80. The summed E-state index contributed by atoms with van der Waals surface area (Å²) in [5, 5.41) is 15.3. The number of tetrazole rings is 1. The predicted octanol–water partition coefficient (Wildman–Crippen LogP) is 1.77. The van der Waals surface area contributed by atoms with Gasteiger partial charge in [-0.05, 0) is 62.0 Å². The van der Waals surface area contributed by atoms with E-state index in [0.717, 1.165) is 23.6 Å². The Morgan fingerprint density at radius 3 is 2.90 bits per heavy atom. The summed E-state index contributed by atoms with van der Waals surface area (Å²) in [5.74, 6) is 0.791. The number of likely N-dealkylation sites (tertiary alicyclic amines) is 1. The first-order valence-corrected chi connectivity index (χ1v) is 7.50. The van der Waals surface area contributed by atoms with Gasteiger partial charge in [-0.1, -0.05) is 12.1 Å². The zero-order valence-electron chi connectivity index (χ0n) is 12.7. The molecule has 0 amide bonds. The van der Waals surface area contributed by atoms with Crippen LogP contribution in [0.1, 0.15) is 19.3 Å². The zero-order chi connectivity index (χ0) is 14.7. The van der Waals surface area contributed by atoms with E-state index < -0.39 is 0 Å². The van der Waals surface area contributed by atoms with Crippen molar-refractivity contribution >= 4 is 5.69 Å². The molecule has 1 atom stereocenters. The van der Waals surface area contributed by atoms with Gasteiger partial charge >= 0.3 is 0 Å². The number of benzene rings is 1. The van der Waals surface area contributed by atoms with Gasteiger partial charge in [0, 0.05) is 24.3 Å². The van der Waals surface area contributed by atoms with Crippen molar-refractivity contribution in [1.29, 1.82) is 0 Å². The molecule has 1 aliphatic rings. The van der Waals surface area contributed by atoms with E-state index in [9.17, 15) is 0 Å². The van der Waals surface area contributed by atoms with Crippen LogP contribution in [0.4, 0.5) is 5.69 Å². The Kier molecular flexibility index (Phi) is 4.15. The lowest BCUT2D eigenvalue weighted by molar-refractivity contribution is 0.348. The van der Waals surface area contributed by atoms with Crippen molar-refractivity contribution in [2.45, 2.75) is 25.3 Å². The van der Waals surface area contributed by atoms with Crippen molar-refractivity contribution in [3.8, 4) is 11.4 Å². The number of aromatic nitrogens is 4. The van der Waals surface area contributed by atoms with Crippen LogP contribution in [0.3, 0.4) is 0 Å². The van der Waals surface area contributed by atoms with Crippen LogP contribution >= 0.6 is 0 Å². The van der Waals surface area contributed by atoms with Crippen LogP contribution in [-0.2, 0) is 7.05 Å². The molecule has 0 aliphatic carbocycles. The molecule has 1 aliphatic heterocycles. The third-order valence-electron chi connectivity index (χ3n) is 4.06. The Morgan fingerprint density at radius 1 is 1.19 bits per heavy atom. The summed E-state index contributed by atoms with van der Waals surface area (Å²) < 4.78 is 1.69. The summed E-state index contributed by atoms with van der Waals surface area (Å²) in [6.45, 7) is 2.35. The van der Waals surface area contributed by atoms with Crippen LogP contribution in [0, 0.1) is 0 Å². The average molecular weight is 286 g/mol. The van der Waals surface area contributed by atoms with Crippen molar-refractivity contribution < 1.29 is 0 Å². The number of anilines is 1. The lowest BCUT2D eigenvalue weighted by Crippen LogP contribution is -2.22. The summed E-state index contributed by atoms with van der Waals surface area (Å²) in [4.78, 5) is 2.41. The second-order valence-corrected chi connectivity index (χ2v) is 5.78. The lowest BCUT2D eigenvalue weighted by Gasteiger charge is -2.18. The second kappa shape index (κ2) is 6.22. The van der Waals surface area contributed by atoms with E-state index in [0.29, 0.717) is 6.04 Å². The minimum atomic E-state index is 0.544. The molecule has 1 aromatic carbocycles. The van der Waals surface area contributed by atoms with Crippen LogP contribution in [0.5, 0.6) is 0 Å². The van der Waals surface area contributed by atoms with Gasteiger partial charge in [-0.2, -0.15) is 0 Å². The number of aryl methyl sites for hydroxylation is 1. The first kappa shape index (κ1) is 14.0. The van der Waals surface area contributed by atoms with Gasteiger partial charge in [-0.3, -0.25) is 0 Å². The normalized spacial score (nSPS) is 20.2. The van der Waals surface area contributed by atoms with Gasteiger partial charge in [0.05, 0.1) is 0 Å². The van der Waals surface area contributed by atoms with E-state index in [1.165, 1.54) is 25.8 Å². The molecular weight excluding hydrogens is 264 g/mol. The summed E-state index contributed by atoms with van der Waals surface area (Å²) in [5.41, 5.74) is 2.18. The van der Waals surface area contributed by atoms with E-state index in [1.807, 2.05) is 13.1 Å². The van der Waals surface area contributed by atoms with Crippen LogP contribution in [0.25, 0.3) is 11.4 Å². The summed E-state index contributed by atoms with van der Waals surface area (Å²) in [7, 11) is 4.06. The Labute approximate surface area is 125 Å². The maximum absolute atomic E-state index is 4.07. The highest BCUT2D eigenvalue weighted by molar-refractivity contribution is 5.62. The summed E-state index contributed by atoms with van der Waals surface area (Å²) >= 11 is 0. The third-order valence-corrected chi connectivity index (χ3v) is 4.06. The smallest absolute Gasteiger partial charge is 0.181 e. The fourth-order valence-electron chi connectivity index (χ4n) is 2.84. The van der Waals surface area contributed by atoms with Crippen LogP contribution in [-0.4, -0.2) is 51.3 Å². The highest BCUT2D eigenvalue weighted by Gasteiger charge is 2.15. The molecule has 1 N–H and O–H groups in total. The maximum Gasteiger partial charge on any atom is 0.181 e. The highest BCUT2D eigenvalue weighted by Crippen LogP contribution is 2.22. The van der Waals surface area contributed by atoms with Crippen molar-refractivity contribution in [3.05, 3.63) is 24.3 Å². The number of hydrogen-bond donors (Lipinski definition) is 1. The third kappa shape index (κ3) is 3.39. The number of nitrogens with one attached hydrogen (secondary N) is 1. The Hall–Kier alpha value is -1.95. The first-order chi connectivity index (χ1) is 10.2. The molecule has 1 fully saturated rings. The molecule has 1 saturated heterocycles. The number of hydrogen-bond acceptors (Lipinski definition) is 5. The van der Waals surface area contributed by atoms with Gasteiger partial charge in [0.15, 0.2) is 5.82 Å². The van der Waals surface area contributed by atoms with Crippen molar-refractivity contribution in [2.24, 2.45) is 7.05 Å². The molecule has 3 rings (SSSR count). The van der Waals surface area contributed by atoms with E-state index in [-0.39, 0.29) is 0 Å². The Balaban J connectivity index is 1.73. The lowest BCUT2D eigenvalue weighted by atomic mass is 10.1. The molecular formula is C15H22N6. The van der Waals surface area contributed by atoms with Gasteiger partial charge < -0.3 is 10.2 Å². The molecule has 6 heteroatoms. The molecule has 1 unspecified atom stereocenters. The van der Waals surface area contributed by atoms with Gasteiger partial charge in [0.1, 0.15) is 0 Å². The molecule has 1 aromatic heterocycles. The van der Waals surface area contributed by atoms with E-state index in [2.05, 4.69) is 51.0 Å². The molecule has 21 heavy (non-hydrogen) atoms. The summed E-state index contributed by atoms with van der Waals surface area (Å²) in [6.07, 6.45) is 3.66. The fourth-order valence-corrected chi connectivity index (χ4v) is 2.84. The minimum Gasteiger partial charge on any atom is -0.382 e. The van der Waals surface area contributed by atoms with Crippen molar-refractivity contribution in [1.82, 2.24) is 25.1 Å². The van der Waals surface area contributed by atoms with E-state index in [1.54, 1.807) is 4.68 Å². The molecule has 0 radical (unpaired) electrons. The largest absolute Gasteiger partial charge is 0.382 e. The SMILES string of the molecule is CN1CCCC(Nc2cccc(-c3nnnn3C)c2)CC1. The molecule has 0 saturated carbocycles. The summed E-state index contributed by atoms with van der Waals surface area (Å²) in [6, 6.07) is 8.87. The molecule has 6 nitrogen and oxygen atoms in total. The first-order valence-electron chi connectivity index (χ1n) is 7.50. The van der Waals surface area contributed by atoms with Gasteiger partial charge in [0.25, 0.3) is 0 Å². The standard InChI is InChI=1S/C15H22N6/c1-20-9-4-7-13(8-10-20)16-14-6-3-5-12(11-14)15-17-18-19-21(15)2/h3,5-6,11,13,16H,4,7-10H2,1-2H3. The van der Waals surface area contributed by atoms with Gasteiger partial charge in [-0.25, -0.2) is 4.68 Å². The van der Waals surface area contributed by atoms with Gasteiger partial charge in [-0.15, -0.1) is 5.10 Å². The van der Waals surface area contributed by atoms with E-state index in [4.69, 9.17) is 0 Å². The van der Waals surface area contributed by atoms with Crippen LogP contribution in [0.2, 0.25) is 0 Å². The van der Waals surface area contributed by atoms with Gasteiger partial charge in [0.2, 0.25) is 0 Å². The Bertz CT molecular complexity index is 593. The molecule has 2 aromatic rings. The zero-order valence-corrected chi connectivity index (χ0v) is 12.7. The number of rotatable bonds is 3. The second-order valence-electron chi connectivity index (χ2n) is 5.78. The van der Waals surface area contributed by atoms with Crippen molar-refractivity contribution in [3.63, 3.8) is 0 Å². The molecule has 112 valence electrons. The highest BCUT2D eigenvalue weighted by atomic mass is 15.5. The molecule has 0 spiro atoms. The van der Waals surface area contributed by atoms with Crippen LogP contribution < -0.4 is 5.32 Å². The quantitative estimate of drug-likeness (QED) is 0.932.